The molecule has 0 aliphatic carbocycles. The molecule has 2 aromatic heterocycles. The average Bonchev–Trinajstić information content (AvgIpc) is 2.57. The van der Waals surface area contributed by atoms with Crippen molar-refractivity contribution in [1.29, 1.82) is 0 Å². The highest BCUT2D eigenvalue weighted by Crippen LogP contribution is 2.08. The van der Waals surface area contributed by atoms with Gasteiger partial charge in [-0.1, -0.05) is 0 Å². The van der Waals surface area contributed by atoms with Gasteiger partial charge in [0, 0.05) is 12.4 Å². The highest BCUT2D eigenvalue weighted by molar-refractivity contribution is 5.69. The summed E-state index contributed by atoms with van der Waals surface area (Å²) in [4.78, 5) is 14.6. The predicted octanol–water partition coefficient (Wildman–Crippen LogP) is 0.454. The third-order valence-corrected chi connectivity index (χ3v) is 2.09. The fourth-order valence-corrected chi connectivity index (χ4v) is 1.42. The van der Waals surface area contributed by atoms with Crippen LogP contribution in [0, 0.1) is 0 Å². The summed E-state index contributed by atoms with van der Waals surface area (Å²) in [7, 11) is 0. The Kier molecular flexibility index (Phi) is 2.39. The van der Waals surface area contributed by atoms with Crippen molar-refractivity contribution < 1.29 is 15.0 Å². The molecular weight excluding hydrogens is 196 g/mol. The van der Waals surface area contributed by atoms with Gasteiger partial charge < -0.3 is 14.6 Å². The maximum absolute atomic E-state index is 10.5. The van der Waals surface area contributed by atoms with Gasteiger partial charge in [0.1, 0.15) is 5.65 Å². The Morgan fingerprint density at radius 3 is 3.00 bits per heavy atom. The van der Waals surface area contributed by atoms with Crippen molar-refractivity contribution in [2.24, 2.45) is 0 Å². The summed E-state index contributed by atoms with van der Waals surface area (Å²) in [6.45, 7) is -0.0440. The van der Waals surface area contributed by atoms with E-state index >= 15 is 0 Å². The van der Waals surface area contributed by atoms with E-state index in [1.807, 2.05) is 0 Å². The molecule has 0 aromatic carbocycles. The van der Waals surface area contributed by atoms with E-state index in [1.165, 1.54) is 0 Å². The Balaban J connectivity index is 2.42. The molecule has 78 valence electrons. The number of aliphatic hydroxyl groups excluding tert-OH is 1. The Bertz CT molecular complexity index is 504. The van der Waals surface area contributed by atoms with Crippen LogP contribution >= 0.6 is 0 Å². The maximum atomic E-state index is 10.5. The van der Waals surface area contributed by atoms with Crippen LogP contribution in [0.15, 0.2) is 24.5 Å². The van der Waals surface area contributed by atoms with Crippen LogP contribution < -0.4 is 0 Å². The molecule has 0 radical (unpaired) electrons. The minimum absolute atomic E-state index is 0.0440. The molecule has 5 nitrogen and oxygen atoms in total. The average molecular weight is 206 g/mol. The normalized spacial score (nSPS) is 10.7. The van der Waals surface area contributed by atoms with Gasteiger partial charge in [-0.05, 0) is 17.7 Å². The lowest BCUT2D eigenvalue weighted by molar-refractivity contribution is -0.136. The van der Waals surface area contributed by atoms with Gasteiger partial charge in [0.25, 0.3) is 0 Å². The third-order valence-electron chi connectivity index (χ3n) is 2.09. The maximum Gasteiger partial charge on any atom is 0.309 e. The lowest BCUT2D eigenvalue weighted by atomic mass is 10.3. The van der Waals surface area contributed by atoms with Crippen molar-refractivity contribution in [1.82, 2.24) is 9.38 Å². The molecule has 0 aliphatic rings. The SMILES string of the molecule is O=C(O)Cc1cn2ccc(CO)cc2n1. The predicted molar refractivity (Wildman–Crippen MR) is 52.5 cm³/mol. The minimum atomic E-state index is -0.902. The van der Waals surface area contributed by atoms with Crippen LogP contribution in [0.1, 0.15) is 11.3 Å². The molecule has 0 bridgehead atoms. The smallest absolute Gasteiger partial charge is 0.309 e. The molecule has 15 heavy (non-hydrogen) atoms. The van der Waals surface area contributed by atoms with Gasteiger partial charge >= 0.3 is 5.97 Å². The molecule has 2 aromatic rings. The first kappa shape index (κ1) is 9.67. The number of carboxylic acids is 1. The Morgan fingerprint density at radius 2 is 2.33 bits per heavy atom. The summed E-state index contributed by atoms with van der Waals surface area (Å²) in [5.41, 5.74) is 1.92. The second kappa shape index (κ2) is 3.70. The van der Waals surface area contributed by atoms with E-state index in [9.17, 15) is 4.79 Å². The van der Waals surface area contributed by atoms with E-state index in [0.29, 0.717) is 11.3 Å². The quantitative estimate of drug-likeness (QED) is 0.764. The number of aliphatic hydroxyl groups is 1. The minimum Gasteiger partial charge on any atom is -0.481 e. The summed E-state index contributed by atoms with van der Waals surface area (Å²) in [6, 6.07) is 3.49. The fourth-order valence-electron chi connectivity index (χ4n) is 1.42. The zero-order valence-electron chi connectivity index (χ0n) is 7.92. The fraction of sp³-hybridized carbons (Fsp3) is 0.200. The van der Waals surface area contributed by atoms with Gasteiger partial charge in [-0.15, -0.1) is 0 Å². The number of hydrogen-bond donors (Lipinski definition) is 2. The van der Waals surface area contributed by atoms with Crippen LogP contribution in [-0.4, -0.2) is 25.6 Å². The standard InChI is InChI=1S/C10H10N2O3/c13-6-7-1-2-12-5-8(4-10(14)15)11-9(12)3-7/h1-3,5,13H,4,6H2,(H,14,15). The lowest BCUT2D eigenvalue weighted by Gasteiger charge is -1.95. The number of carbonyl (C=O) groups is 1. The summed E-state index contributed by atoms with van der Waals surface area (Å²) < 4.78 is 1.73. The zero-order chi connectivity index (χ0) is 10.8. The van der Waals surface area contributed by atoms with Crippen molar-refractivity contribution in [3.8, 4) is 0 Å². The summed E-state index contributed by atoms with van der Waals surface area (Å²) in [5, 5.41) is 17.5. The highest BCUT2D eigenvalue weighted by Gasteiger charge is 2.05. The topological polar surface area (TPSA) is 74.8 Å². The molecular formula is C10H10N2O3. The number of rotatable bonds is 3. The highest BCUT2D eigenvalue weighted by atomic mass is 16.4. The monoisotopic (exact) mass is 206 g/mol. The number of hydrogen-bond acceptors (Lipinski definition) is 3. The zero-order valence-corrected chi connectivity index (χ0v) is 7.92. The van der Waals surface area contributed by atoms with Crippen LogP contribution in [-0.2, 0) is 17.8 Å². The number of pyridine rings is 1. The van der Waals surface area contributed by atoms with E-state index in [1.54, 1.807) is 28.9 Å². The molecule has 5 heteroatoms. The number of aliphatic carboxylic acids is 1. The lowest BCUT2D eigenvalue weighted by Crippen LogP contribution is -1.99. The van der Waals surface area contributed by atoms with Crippen LogP contribution in [0.4, 0.5) is 0 Å². The molecule has 0 aliphatic heterocycles. The van der Waals surface area contributed by atoms with E-state index in [0.717, 1.165) is 5.56 Å². The van der Waals surface area contributed by atoms with Gasteiger partial charge in [-0.2, -0.15) is 0 Å². The Morgan fingerprint density at radius 1 is 1.53 bits per heavy atom. The second-order valence-electron chi connectivity index (χ2n) is 3.26. The number of carboxylic acid groups (broad SMARTS) is 1. The molecule has 0 spiro atoms. The van der Waals surface area contributed by atoms with Crippen molar-refractivity contribution in [2.75, 3.05) is 0 Å². The first-order chi connectivity index (χ1) is 7.19. The third kappa shape index (κ3) is 1.97. The molecule has 0 unspecified atom stereocenters. The first-order valence-corrected chi connectivity index (χ1v) is 4.48. The van der Waals surface area contributed by atoms with Gasteiger partial charge in [0.15, 0.2) is 0 Å². The van der Waals surface area contributed by atoms with Gasteiger partial charge in [-0.3, -0.25) is 4.79 Å². The molecule has 2 N–H and O–H groups in total. The van der Waals surface area contributed by atoms with E-state index in [2.05, 4.69) is 4.98 Å². The van der Waals surface area contributed by atoms with Gasteiger partial charge in [-0.25, -0.2) is 4.98 Å². The van der Waals surface area contributed by atoms with Crippen molar-refractivity contribution >= 4 is 11.6 Å². The molecule has 0 atom stereocenters. The summed E-state index contributed by atoms with van der Waals surface area (Å²) >= 11 is 0. The van der Waals surface area contributed by atoms with Gasteiger partial charge in [0.05, 0.1) is 18.7 Å². The van der Waals surface area contributed by atoms with Crippen molar-refractivity contribution in [3.63, 3.8) is 0 Å². The van der Waals surface area contributed by atoms with Crippen LogP contribution in [0.25, 0.3) is 5.65 Å². The number of aromatic nitrogens is 2. The summed E-state index contributed by atoms with van der Waals surface area (Å²) in [6.07, 6.45) is 3.33. The van der Waals surface area contributed by atoms with E-state index in [-0.39, 0.29) is 13.0 Å². The second-order valence-corrected chi connectivity index (χ2v) is 3.26. The number of nitrogens with zero attached hydrogens (tertiary/aromatic N) is 2. The Labute approximate surface area is 85.6 Å². The molecule has 0 saturated carbocycles. The summed E-state index contributed by atoms with van der Waals surface area (Å²) in [5.74, 6) is -0.902. The van der Waals surface area contributed by atoms with E-state index < -0.39 is 5.97 Å². The van der Waals surface area contributed by atoms with Crippen molar-refractivity contribution in [2.45, 2.75) is 13.0 Å². The van der Waals surface area contributed by atoms with E-state index in [4.69, 9.17) is 10.2 Å². The van der Waals surface area contributed by atoms with Crippen LogP contribution in [0.5, 0.6) is 0 Å². The number of imidazole rings is 1. The van der Waals surface area contributed by atoms with Crippen LogP contribution in [0.3, 0.4) is 0 Å². The van der Waals surface area contributed by atoms with Crippen LogP contribution in [0.2, 0.25) is 0 Å². The molecule has 0 fully saturated rings. The molecule has 0 saturated heterocycles. The number of fused-ring (bicyclic) bond motifs is 1. The molecule has 2 rings (SSSR count). The largest absolute Gasteiger partial charge is 0.481 e. The Hall–Kier alpha value is -1.88. The van der Waals surface area contributed by atoms with Gasteiger partial charge in [0.2, 0.25) is 0 Å². The van der Waals surface area contributed by atoms with Crippen molar-refractivity contribution in [3.05, 3.63) is 35.8 Å². The first-order valence-electron chi connectivity index (χ1n) is 4.48. The molecule has 2 heterocycles. The molecule has 0 amide bonds.